The molecular weight excluding hydrogens is 208 g/mol. The maximum Gasteiger partial charge on any atom is 0.307 e. The van der Waals surface area contributed by atoms with Crippen molar-refractivity contribution in [3.05, 3.63) is 6.33 Å². The first-order valence-electron chi connectivity index (χ1n) is 3.93. The first-order chi connectivity index (χ1) is 6.27. The summed E-state index contributed by atoms with van der Waals surface area (Å²) in [5.41, 5.74) is 0. The smallest absolute Gasteiger partial charge is 0.307 e. The highest BCUT2D eigenvalue weighted by molar-refractivity contribution is 8.01. The highest BCUT2D eigenvalue weighted by atomic mass is 32.2. The van der Waals surface area contributed by atoms with E-state index in [1.54, 1.807) is 0 Å². The molecule has 2 unspecified atom stereocenters. The Hall–Kier alpha value is -0.620. The van der Waals surface area contributed by atoms with Crippen LogP contribution >= 0.6 is 23.3 Å². The average molecular weight is 216 g/mol. The van der Waals surface area contributed by atoms with Gasteiger partial charge in [-0.25, -0.2) is 4.98 Å². The van der Waals surface area contributed by atoms with Gasteiger partial charge in [-0.2, -0.15) is 4.37 Å². The van der Waals surface area contributed by atoms with Crippen LogP contribution in [0.25, 0.3) is 0 Å². The molecule has 0 aromatic carbocycles. The van der Waals surface area contributed by atoms with Crippen molar-refractivity contribution in [3.63, 3.8) is 0 Å². The zero-order valence-corrected chi connectivity index (χ0v) is 8.35. The number of aliphatic carboxylic acids is 1. The van der Waals surface area contributed by atoms with Gasteiger partial charge in [0.15, 0.2) is 4.34 Å². The van der Waals surface area contributed by atoms with Crippen LogP contribution in [0, 0.1) is 5.92 Å². The minimum Gasteiger partial charge on any atom is -0.481 e. The fourth-order valence-electron chi connectivity index (χ4n) is 1.24. The zero-order chi connectivity index (χ0) is 9.26. The topological polar surface area (TPSA) is 63.1 Å². The molecule has 2 rings (SSSR count). The van der Waals surface area contributed by atoms with E-state index in [1.807, 2.05) is 0 Å². The van der Waals surface area contributed by atoms with Gasteiger partial charge in [-0.1, -0.05) is 11.8 Å². The molecule has 4 nitrogen and oxygen atoms in total. The van der Waals surface area contributed by atoms with E-state index in [2.05, 4.69) is 9.36 Å². The second-order valence-electron chi connectivity index (χ2n) is 2.89. The summed E-state index contributed by atoms with van der Waals surface area (Å²) in [6.07, 6.45) is 3.27. The number of thioether (sulfide) groups is 1. The molecule has 1 heterocycles. The Labute approximate surface area is 83.5 Å². The Balaban J connectivity index is 1.93. The Morgan fingerprint density at radius 3 is 3.00 bits per heavy atom. The standard InChI is InChI=1S/C7H8N2O2S2/c10-6(11)4-1-2-5(4)12-7-8-3-9-13-7/h3-5H,1-2H2,(H,10,11). The molecule has 0 bridgehead atoms. The summed E-state index contributed by atoms with van der Waals surface area (Å²) in [5, 5.41) is 8.99. The summed E-state index contributed by atoms with van der Waals surface area (Å²) in [7, 11) is 0. The fraction of sp³-hybridized carbons (Fsp3) is 0.571. The Kier molecular flexibility index (Phi) is 2.50. The van der Waals surface area contributed by atoms with Crippen molar-refractivity contribution in [2.45, 2.75) is 22.4 Å². The van der Waals surface area contributed by atoms with Crippen LogP contribution in [-0.2, 0) is 4.79 Å². The van der Waals surface area contributed by atoms with E-state index in [0.717, 1.165) is 17.2 Å². The lowest BCUT2D eigenvalue weighted by Crippen LogP contribution is -2.35. The van der Waals surface area contributed by atoms with Gasteiger partial charge in [0.25, 0.3) is 0 Å². The molecule has 1 aromatic rings. The molecule has 1 aliphatic carbocycles. The number of carbonyl (C=O) groups is 1. The number of carboxylic acid groups (broad SMARTS) is 1. The largest absolute Gasteiger partial charge is 0.481 e. The fourth-order valence-corrected chi connectivity index (χ4v) is 3.23. The van der Waals surface area contributed by atoms with Crippen molar-refractivity contribution < 1.29 is 9.90 Å². The molecule has 6 heteroatoms. The zero-order valence-electron chi connectivity index (χ0n) is 6.71. The van der Waals surface area contributed by atoms with E-state index in [4.69, 9.17) is 5.11 Å². The van der Waals surface area contributed by atoms with Crippen molar-refractivity contribution in [2.24, 2.45) is 5.92 Å². The normalized spacial score (nSPS) is 26.8. The number of hydrogen-bond donors (Lipinski definition) is 1. The van der Waals surface area contributed by atoms with Crippen molar-refractivity contribution in [1.82, 2.24) is 9.36 Å². The van der Waals surface area contributed by atoms with Crippen LogP contribution in [0.4, 0.5) is 0 Å². The molecule has 0 amide bonds. The van der Waals surface area contributed by atoms with Crippen LogP contribution in [0.5, 0.6) is 0 Å². The summed E-state index contributed by atoms with van der Waals surface area (Å²) < 4.78 is 4.74. The van der Waals surface area contributed by atoms with Crippen LogP contribution in [0.1, 0.15) is 12.8 Å². The van der Waals surface area contributed by atoms with Gasteiger partial charge >= 0.3 is 5.97 Å². The van der Waals surface area contributed by atoms with E-state index in [-0.39, 0.29) is 11.2 Å². The molecule has 0 saturated heterocycles. The van der Waals surface area contributed by atoms with Gasteiger partial charge in [-0.3, -0.25) is 4.79 Å². The quantitative estimate of drug-likeness (QED) is 0.829. The molecule has 0 aliphatic heterocycles. The highest BCUT2D eigenvalue weighted by Gasteiger charge is 2.37. The number of aromatic nitrogens is 2. The summed E-state index contributed by atoms with van der Waals surface area (Å²) in [4.78, 5) is 14.7. The monoisotopic (exact) mass is 216 g/mol. The van der Waals surface area contributed by atoms with Gasteiger partial charge in [0.2, 0.25) is 0 Å². The highest BCUT2D eigenvalue weighted by Crippen LogP contribution is 2.41. The van der Waals surface area contributed by atoms with Crippen molar-refractivity contribution >= 4 is 29.3 Å². The van der Waals surface area contributed by atoms with Crippen LogP contribution in [0.3, 0.4) is 0 Å². The second-order valence-corrected chi connectivity index (χ2v) is 5.15. The lowest BCUT2D eigenvalue weighted by molar-refractivity contribution is -0.144. The number of hydrogen-bond acceptors (Lipinski definition) is 5. The first-order valence-corrected chi connectivity index (χ1v) is 5.59. The summed E-state index contributed by atoms with van der Waals surface area (Å²) >= 11 is 2.86. The van der Waals surface area contributed by atoms with Crippen molar-refractivity contribution in [3.8, 4) is 0 Å². The van der Waals surface area contributed by atoms with E-state index in [1.165, 1.54) is 29.6 Å². The van der Waals surface area contributed by atoms with Gasteiger partial charge in [0, 0.05) is 5.25 Å². The van der Waals surface area contributed by atoms with E-state index < -0.39 is 5.97 Å². The average Bonchev–Trinajstić information content (AvgIpc) is 2.48. The van der Waals surface area contributed by atoms with Crippen molar-refractivity contribution in [2.75, 3.05) is 0 Å². The van der Waals surface area contributed by atoms with Crippen LogP contribution < -0.4 is 0 Å². The maximum absolute atomic E-state index is 10.7. The third-order valence-corrected chi connectivity index (χ3v) is 4.27. The third kappa shape index (κ3) is 1.83. The Morgan fingerprint density at radius 1 is 1.69 bits per heavy atom. The lowest BCUT2D eigenvalue weighted by atomic mass is 9.85. The van der Waals surface area contributed by atoms with Gasteiger partial charge in [-0.05, 0) is 24.4 Å². The molecule has 1 saturated carbocycles. The maximum atomic E-state index is 10.7. The second kappa shape index (κ2) is 3.63. The van der Waals surface area contributed by atoms with Crippen LogP contribution in [0.2, 0.25) is 0 Å². The lowest BCUT2D eigenvalue weighted by Gasteiger charge is -2.31. The van der Waals surface area contributed by atoms with E-state index >= 15 is 0 Å². The van der Waals surface area contributed by atoms with Gasteiger partial charge in [0.1, 0.15) is 6.33 Å². The van der Waals surface area contributed by atoms with E-state index in [9.17, 15) is 4.79 Å². The SMILES string of the molecule is O=C(O)C1CCC1Sc1ncns1. The number of rotatable bonds is 3. The third-order valence-electron chi connectivity index (χ3n) is 2.12. The molecule has 1 aromatic heterocycles. The molecular formula is C7H8N2O2S2. The predicted molar refractivity (Wildman–Crippen MR) is 49.9 cm³/mol. The van der Waals surface area contributed by atoms with Crippen LogP contribution in [0.15, 0.2) is 10.7 Å². The first kappa shape index (κ1) is 8.96. The van der Waals surface area contributed by atoms with Gasteiger partial charge in [-0.15, -0.1) is 0 Å². The van der Waals surface area contributed by atoms with Crippen molar-refractivity contribution in [1.29, 1.82) is 0 Å². The number of nitrogens with zero attached hydrogens (tertiary/aromatic N) is 2. The summed E-state index contributed by atoms with van der Waals surface area (Å²) in [5.74, 6) is -0.873. The molecule has 1 N–H and O–H groups in total. The molecule has 0 radical (unpaired) electrons. The minimum absolute atomic E-state index is 0.186. The summed E-state index contributed by atoms with van der Waals surface area (Å²) in [6.45, 7) is 0. The van der Waals surface area contributed by atoms with E-state index in [0.29, 0.717) is 0 Å². The number of carboxylic acids is 1. The minimum atomic E-state index is -0.687. The molecule has 70 valence electrons. The molecule has 1 aliphatic rings. The van der Waals surface area contributed by atoms with Crippen LogP contribution in [-0.4, -0.2) is 25.7 Å². The molecule has 1 fully saturated rings. The van der Waals surface area contributed by atoms with Gasteiger partial charge in [0.05, 0.1) is 5.92 Å². The Bertz CT molecular complexity index is 301. The van der Waals surface area contributed by atoms with Gasteiger partial charge < -0.3 is 5.11 Å². The molecule has 0 spiro atoms. The summed E-state index contributed by atoms with van der Waals surface area (Å²) in [6, 6.07) is 0. The predicted octanol–water partition coefficient (Wildman–Crippen LogP) is 1.49. The molecule has 13 heavy (non-hydrogen) atoms. The molecule has 2 atom stereocenters. The Morgan fingerprint density at radius 2 is 2.54 bits per heavy atom.